The van der Waals surface area contributed by atoms with Gasteiger partial charge in [0, 0.05) is 18.4 Å². The Morgan fingerprint density at radius 1 is 1.39 bits per heavy atom. The summed E-state index contributed by atoms with van der Waals surface area (Å²) in [4.78, 5) is 0. The summed E-state index contributed by atoms with van der Waals surface area (Å²) in [5, 5.41) is 0. The molecule has 0 amide bonds. The van der Waals surface area contributed by atoms with Gasteiger partial charge in [-0.15, -0.1) is 0 Å². The van der Waals surface area contributed by atoms with Gasteiger partial charge in [-0.05, 0) is 48.7 Å². The Hall–Kier alpha value is 0.230. The topological polar surface area (TPSA) is 47.3 Å². The molecular weight excluding hydrogens is 244 g/mol. The minimum Gasteiger partial charge on any atom is -0.374 e. The summed E-state index contributed by atoms with van der Waals surface area (Å²) in [5.74, 6) is 9.78. The van der Waals surface area contributed by atoms with Crippen LogP contribution in [0.1, 0.15) is 39.5 Å². The van der Waals surface area contributed by atoms with Crippen molar-refractivity contribution in [3.05, 3.63) is 0 Å². The van der Waals surface area contributed by atoms with Gasteiger partial charge in [0.05, 0.1) is 5.60 Å². The van der Waals surface area contributed by atoms with E-state index in [1.807, 2.05) is 11.8 Å². The predicted molar refractivity (Wildman–Crippen MR) is 76.3 cm³/mol. The van der Waals surface area contributed by atoms with Crippen LogP contribution in [0.4, 0.5) is 0 Å². The molecule has 2 saturated heterocycles. The maximum atomic E-state index is 6.11. The summed E-state index contributed by atoms with van der Waals surface area (Å²) in [7, 11) is 0. The molecule has 3 aliphatic rings. The van der Waals surface area contributed by atoms with Crippen molar-refractivity contribution in [2.45, 2.75) is 51.2 Å². The number of nitrogens with one attached hydrogen (secondary N) is 1. The second-order valence-electron chi connectivity index (χ2n) is 7.08. The second-order valence-corrected chi connectivity index (χ2v) is 8.18. The molecule has 3 fully saturated rings. The van der Waals surface area contributed by atoms with Crippen LogP contribution in [0.3, 0.4) is 0 Å². The Balaban J connectivity index is 1.67. The molecule has 2 heterocycles. The molecule has 4 atom stereocenters. The summed E-state index contributed by atoms with van der Waals surface area (Å²) in [5.41, 5.74) is 3.81. The van der Waals surface area contributed by atoms with E-state index in [9.17, 15) is 0 Å². The second kappa shape index (κ2) is 4.65. The zero-order valence-electron chi connectivity index (χ0n) is 11.6. The molecule has 0 aromatic rings. The third-order valence-electron chi connectivity index (χ3n) is 5.32. The highest BCUT2D eigenvalue weighted by atomic mass is 32.2. The standard InChI is InChI=1S/C14H26N2OS/c1-13(2)8-11(13)12(16-15)10-3-5-17-14(7-10)4-6-18-9-14/h10-12,16H,3-9,15H2,1-2H3. The molecule has 18 heavy (non-hydrogen) atoms. The van der Waals surface area contributed by atoms with Crippen molar-refractivity contribution >= 4 is 11.8 Å². The number of hydrogen-bond donors (Lipinski definition) is 2. The van der Waals surface area contributed by atoms with Gasteiger partial charge in [-0.2, -0.15) is 11.8 Å². The van der Waals surface area contributed by atoms with E-state index < -0.39 is 0 Å². The van der Waals surface area contributed by atoms with Crippen molar-refractivity contribution < 1.29 is 4.74 Å². The zero-order chi connectivity index (χ0) is 12.8. The Morgan fingerprint density at radius 2 is 2.17 bits per heavy atom. The van der Waals surface area contributed by atoms with Gasteiger partial charge in [-0.25, -0.2) is 0 Å². The molecule has 1 aliphatic carbocycles. The minimum atomic E-state index is 0.182. The number of thioether (sulfide) groups is 1. The third kappa shape index (κ3) is 2.33. The lowest BCUT2D eigenvalue weighted by Crippen LogP contribution is -2.50. The van der Waals surface area contributed by atoms with Crippen LogP contribution in [0.25, 0.3) is 0 Å². The predicted octanol–water partition coefficient (Wildman–Crippen LogP) is 2.17. The van der Waals surface area contributed by atoms with E-state index in [0.717, 1.165) is 12.5 Å². The van der Waals surface area contributed by atoms with Gasteiger partial charge < -0.3 is 4.74 Å². The van der Waals surface area contributed by atoms with Crippen LogP contribution in [0.15, 0.2) is 0 Å². The molecule has 0 radical (unpaired) electrons. The largest absolute Gasteiger partial charge is 0.374 e. The van der Waals surface area contributed by atoms with Crippen LogP contribution in [0.2, 0.25) is 0 Å². The Morgan fingerprint density at radius 3 is 2.72 bits per heavy atom. The molecule has 3 nitrogen and oxygen atoms in total. The Bertz CT molecular complexity index is 315. The average Bonchev–Trinajstić information content (AvgIpc) is 2.74. The Labute approximate surface area is 115 Å². The molecule has 0 aromatic heterocycles. The first-order valence-electron chi connectivity index (χ1n) is 7.24. The van der Waals surface area contributed by atoms with E-state index in [4.69, 9.17) is 10.6 Å². The van der Waals surface area contributed by atoms with Crippen LogP contribution in [0.5, 0.6) is 0 Å². The van der Waals surface area contributed by atoms with Gasteiger partial charge >= 0.3 is 0 Å². The highest BCUT2D eigenvalue weighted by Crippen LogP contribution is 2.56. The van der Waals surface area contributed by atoms with Crippen molar-refractivity contribution in [2.75, 3.05) is 18.1 Å². The van der Waals surface area contributed by atoms with Crippen LogP contribution in [-0.2, 0) is 4.74 Å². The lowest BCUT2D eigenvalue weighted by Gasteiger charge is -2.41. The van der Waals surface area contributed by atoms with E-state index in [2.05, 4.69) is 19.3 Å². The zero-order valence-corrected chi connectivity index (χ0v) is 12.4. The van der Waals surface area contributed by atoms with Crippen LogP contribution >= 0.6 is 11.8 Å². The lowest BCUT2D eigenvalue weighted by molar-refractivity contribution is -0.0869. The van der Waals surface area contributed by atoms with Crippen molar-refractivity contribution in [1.29, 1.82) is 0 Å². The van der Waals surface area contributed by atoms with Gasteiger partial charge in [0.25, 0.3) is 0 Å². The summed E-state index contributed by atoms with van der Waals surface area (Å²) < 4.78 is 6.11. The molecule has 2 aliphatic heterocycles. The highest BCUT2D eigenvalue weighted by molar-refractivity contribution is 7.99. The average molecular weight is 270 g/mol. The van der Waals surface area contributed by atoms with Gasteiger partial charge in [-0.1, -0.05) is 13.8 Å². The molecule has 3 rings (SSSR count). The fourth-order valence-electron chi connectivity index (χ4n) is 3.94. The number of ether oxygens (including phenoxy) is 1. The maximum Gasteiger partial charge on any atom is 0.0783 e. The molecule has 1 saturated carbocycles. The van der Waals surface area contributed by atoms with Gasteiger partial charge in [-0.3, -0.25) is 11.3 Å². The molecule has 0 bridgehead atoms. The van der Waals surface area contributed by atoms with E-state index in [0.29, 0.717) is 17.4 Å². The Kier molecular flexibility index (Phi) is 3.42. The molecule has 0 aromatic carbocycles. The van der Waals surface area contributed by atoms with Crippen molar-refractivity contribution in [1.82, 2.24) is 5.43 Å². The summed E-state index contributed by atoms with van der Waals surface area (Å²) in [6.07, 6.45) is 4.94. The first-order valence-corrected chi connectivity index (χ1v) is 8.40. The van der Waals surface area contributed by atoms with Crippen LogP contribution in [-0.4, -0.2) is 29.8 Å². The number of rotatable bonds is 3. The maximum absolute atomic E-state index is 6.11. The molecule has 1 spiro atoms. The first kappa shape index (κ1) is 13.2. The third-order valence-corrected chi connectivity index (χ3v) is 6.54. The van der Waals surface area contributed by atoms with Crippen molar-refractivity contribution in [2.24, 2.45) is 23.1 Å². The van der Waals surface area contributed by atoms with Crippen molar-refractivity contribution in [3.63, 3.8) is 0 Å². The molecule has 4 unspecified atom stereocenters. The minimum absolute atomic E-state index is 0.182. The van der Waals surface area contributed by atoms with E-state index >= 15 is 0 Å². The molecule has 3 N–H and O–H groups in total. The fraction of sp³-hybridized carbons (Fsp3) is 1.00. The van der Waals surface area contributed by atoms with Gasteiger partial charge in [0.2, 0.25) is 0 Å². The lowest BCUT2D eigenvalue weighted by atomic mass is 9.79. The number of hydrogen-bond acceptors (Lipinski definition) is 4. The van der Waals surface area contributed by atoms with E-state index in [1.165, 1.54) is 37.2 Å². The number of nitrogens with two attached hydrogens (primary N) is 1. The monoisotopic (exact) mass is 270 g/mol. The summed E-state index contributed by atoms with van der Waals surface area (Å²) in [6, 6.07) is 0.492. The first-order chi connectivity index (χ1) is 8.56. The summed E-state index contributed by atoms with van der Waals surface area (Å²) in [6.45, 7) is 5.65. The summed E-state index contributed by atoms with van der Waals surface area (Å²) >= 11 is 2.05. The highest BCUT2D eigenvalue weighted by Gasteiger charge is 2.53. The van der Waals surface area contributed by atoms with E-state index in [1.54, 1.807) is 0 Å². The van der Waals surface area contributed by atoms with Gasteiger partial charge in [0.1, 0.15) is 0 Å². The van der Waals surface area contributed by atoms with Crippen LogP contribution in [0, 0.1) is 17.3 Å². The molecule has 104 valence electrons. The smallest absolute Gasteiger partial charge is 0.0783 e. The van der Waals surface area contributed by atoms with E-state index in [-0.39, 0.29) is 5.60 Å². The van der Waals surface area contributed by atoms with Crippen molar-refractivity contribution in [3.8, 4) is 0 Å². The van der Waals surface area contributed by atoms with Crippen LogP contribution < -0.4 is 11.3 Å². The molecule has 4 heteroatoms. The normalized spacial score (nSPS) is 44.2. The van der Waals surface area contributed by atoms with Gasteiger partial charge in [0.15, 0.2) is 0 Å². The SMILES string of the molecule is CC1(C)CC1C(NN)C1CCOC2(CCSC2)C1. The molecular formula is C14H26N2OS. The quantitative estimate of drug-likeness (QED) is 0.609. The fourth-order valence-corrected chi connectivity index (χ4v) is 5.32. The number of hydrazine groups is 1.